The van der Waals surface area contributed by atoms with Gasteiger partial charge in [-0.15, -0.1) is 0 Å². The monoisotopic (exact) mass is 456 g/mol. The SMILES string of the molecule is COc1ccc(N2Cc3cnc(SC)nc3C3(CCN(C(=O)OC(C)(C)C)C3)C2=O)cc1. The van der Waals surface area contributed by atoms with Crippen molar-refractivity contribution in [3.8, 4) is 5.75 Å². The van der Waals surface area contributed by atoms with Crippen LogP contribution >= 0.6 is 11.8 Å². The summed E-state index contributed by atoms with van der Waals surface area (Å²) in [6.45, 7) is 6.54. The van der Waals surface area contributed by atoms with Crippen LogP contribution in [0.2, 0.25) is 0 Å². The summed E-state index contributed by atoms with van der Waals surface area (Å²) in [5.41, 5.74) is 0.843. The molecule has 3 heterocycles. The Hall–Kier alpha value is -2.81. The lowest BCUT2D eigenvalue weighted by Crippen LogP contribution is -2.53. The smallest absolute Gasteiger partial charge is 0.410 e. The number of rotatable bonds is 3. The second-order valence-electron chi connectivity index (χ2n) is 9.05. The maximum Gasteiger partial charge on any atom is 0.410 e. The summed E-state index contributed by atoms with van der Waals surface area (Å²) in [4.78, 5) is 39.3. The molecule has 9 heteroatoms. The molecule has 1 aromatic heterocycles. The predicted octanol–water partition coefficient (Wildman–Crippen LogP) is 3.63. The van der Waals surface area contributed by atoms with Crippen LogP contribution in [0.15, 0.2) is 35.6 Å². The van der Waals surface area contributed by atoms with Gasteiger partial charge in [-0.2, -0.15) is 0 Å². The van der Waals surface area contributed by atoms with Gasteiger partial charge in [-0.3, -0.25) is 4.79 Å². The molecular weight excluding hydrogens is 428 g/mol. The van der Waals surface area contributed by atoms with Crippen LogP contribution in [0.5, 0.6) is 5.75 Å². The molecule has 1 spiro atoms. The molecule has 0 N–H and O–H groups in total. The highest BCUT2D eigenvalue weighted by Gasteiger charge is 2.54. The van der Waals surface area contributed by atoms with E-state index in [9.17, 15) is 9.59 Å². The first-order valence-corrected chi connectivity index (χ1v) is 11.7. The number of anilines is 1. The van der Waals surface area contributed by atoms with E-state index in [1.165, 1.54) is 11.8 Å². The average molecular weight is 457 g/mol. The van der Waals surface area contributed by atoms with Gasteiger partial charge >= 0.3 is 6.09 Å². The molecule has 1 unspecified atom stereocenters. The van der Waals surface area contributed by atoms with Crippen molar-refractivity contribution in [3.63, 3.8) is 0 Å². The highest BCUT2D eigenvalue weighted by Crippen LogP contribution is 2.43. The van der Waals surface area contributed by atoms with Crippen LogP contribution in [-0.4, -0.2) is 58.9 Å². The topological polar surface area (TPSA) is 84.9 Å². The molecule has 0 aliphatic carbocycles. The number of methoxy groups -OCH3 is 1. The van der Waals surface area contributed by atoms with Crippen molar-refractivity contribution in [2.24, 2.45) is 0 Å². The first-order chi connectivity index (χ1) is 15.2. The molecule has 1 fully saturated rings. The number of nitrogens with zero attached hydrogens (tertiary/aromatic N) is 4. The zero-order chi connectivity index (χ0) is 23.1. The number of benzene rings is 1. The molecule has 0 saturated carbocycles. The summed E-state index contributed by atoms with van der Waals surface area (Å²) in [6.07, 6.45) is 3.78. The predicted molar refractivity (Wildman–Crippen MR) is 122 cm³/mol. The number of amides is 2. The van der Waals surface area contributed by atoms with Crippen molar-refractivity contribution in [1.29, 1.82) is 0 Å². The normalized spacial score (nSPS) is 20.5. The first kappa shape index (κ1) is 22.4. The van der Waals surface area contributed by atoms with Crippen molar-refractivity contribution >= 4 is 29.4 Å². The largest absolute Gasteiger partial charge is 0.497 e. The van der Waals surface area contributed by atoms with Crippen molar-refractivity contribution in [2.45, 2.75) is 49.9 Å². The highest BCUT2D eigenvalue weighted by atomic mass is 32.2. The number of thioether (sulfide) groups is 1. The third-order valence-corrected chi connectivity index (χ3v) is 6.33. The number of carbonyl (C=O) groups is 2. The summed E-state index contributed by atoms with van der Waals surface area (Å²) >= 11 is 1.43. The Labute approximate surface area is 192 Å². The van der Waals surface area contributed by atoms with E-state index < -0.39 is 17.1 Å². The van der Waals surface area contributed by atoms with E-state index in [0.717, 1.165) is 22.7 Å². The van der Waals surface area contributed by atoms with Crippen molar-refractivity contribution in [2.75, 3.05) is 31.4 Å². The molecule has 4 rings (SSSR count). The molecule has 2 aliphatic heterocycles. The highest BCUT2D eigenvalue weighted by molar-refractivity contribution is 7.98. The fourth-order valence-electron chi connectivity index (χ4n) is 4.25. The summed E-state index contributed by atoms with van der Waals surface area (Å²) in [5, 5.41) is 0.615. The van der Waals surface area contributed by atoms with Gasteiger partial charge in [-0.1, -0.05) is 11.8 Å². The number of aromatic nitrogens is 2. The summed E-state index contributed by atoms with van der Waals surface area (Å²) in [7, 11) is 1.61. The molecule has 8 nitrogen and oxygen atoms in total. The Morgan fingerprint density at radius 1 is 1.22 bits per heavy atom. The van der Waals surface area contributed by atoms with Crippen LogP contribution < -0.4 is 9.64 Å². The van der Waals surface area contributed by atoms with Gasteiger partial charge in [0, 0.05) is 30.5 Å². The van der Waals surface area contributed by atoms with Crippen LogP contribution in [0.1, 0.15) is 38.4 Å². The number of ether oxygens (including phenoxy) is 2. The van der Waals surface area contributed by atoms with E-state index in [0.29, 0.717) is 24.7 Å². The van der Waals surface area contributed by atoms with E-state index in [1.54, 1.807) is 23.1 Å². The van der Waals surface area contributed by atoms with Gasteiger partial charge < -0.3 is 19.3 Å². The maximum atomic E-state index is 14.0. The molecule has 1 saturated heterocycles. The fraction of sp³-hybridized carbons (Fsp3) is 0.478. The molecule has 0 bridgehead atoms. The maximum absolute atomic E-state index is 14.0. The minimum atomic E-state index is -0.933. The lowest BCUT2D eigenvalue weighted by Gasteiger charge is -2.40. The molecule has 32 heavy (non-hydrogen) atoms. The van der Waals surface area contributed by atoms with Gasteiger partial charge in [0.05, 0.1) is 19.3 Å². The van der Waals surface area contributed by atoms with Gasteiger partial charge in [0.15, 0.2) is 5.16 Å². The molecule has 2 aromatic rings. The first-order valence-electron chi connectivity index (χ1n) is 10.5. The van der Waals surface area contributed by atoms with E-state index >= 15 is 0 Å². The van der Waals surface area contributed by atoms with E-state index in [1.807, 2.05) is 51.3 Å². The zero-order valence-electron chi connectivity index (χ0n) is 19.0. The van der Waals surface area contributed by atoms with Gasteiger partial charge in [-0.25, -0.2) is 14.8 Å². The molecule has 0 radical (unpaired) electrons. The van der Waals surface area contributed by atoms with Gasteiger partial charge in [0.2, 0.25) is 5.91 Å². The standard InChI is InChI=1S/C23H28N4O4S/c1-22(2,3)31-21(29)26-11-10-23(14-26)18-15(12-24-20(25-18)32-5)13-27(19(23)28)16-6-8-17(30-4)9-7-16/h6-9,12H,10-11,13-14H2,1-5H3. The van der Waals surface area contributed by atoms with Crippen LogP contribution in [0.4, 0.5) is 10.5 Å². The second kappa shape index (κ2) is 8.27. The summed E-state index contributed by atoms with van der Waals surface area (Å²) in [5.74, 6) is 0.658. The number of hydrogen-bond donors (Lipinski definition) is 0. The summed E-state index contributed by atoms with van der Waals surface area (Å²) < 4.78 is 10.8. The van der Waals surface area contributed by atoms with Crippen molar-refractivity contribution in [3.05, 3.63) is 41.7 Å². The van der Waals surface area contributed by atoms with E-state index in [4.69, 9.17) is 14.5 Å². The van der Waals surface area contributed by atoms with Gasteiger partial charge in [0.25, 0.3) is 0 Å². The van der Waals surface area contributed by atoms with Crippen molar-refractivity contribution < 1.29 is 19.1 Å². The Balaban J connectivity index is 1.74. The second-order valence-corrected chi connectivity index (χ2v) is 9.83. The Kier molecular flexibility index (Phi) is 5.79. The molecular formula is C23H28N4O4S. The van der Waals surface area contributed by atoms with Crippen LogP contribution in [-0.2, 0) is 21.5 Å². The average Bonchev–Trinajstić information content (AvgIpc) is 3.22. The zero-order valence-corrected chi connectivity index (χ0v) is 19.9. The molecule has 2 amide bonds. The molecule has 170 valence electrons. The fourth-order valence-corrected chi connectivity index (χ4v) is 4.59. The lowest BCUT2D eigenvalue weighted by molar-refractivity contribution is -0.124. The number of fused-ring (bicyclic) bond motifs is 2. The van der Waals surface area contributed by atoms with Crippen molar-refractivity contribution in [1.82, 2.24) is 14.9 Å². The third-order valence-electron chi connectivity index (χ3n) is 5.77. The molecule has 2 aliphatic rings. The molecule has 1 aromatic carbocycles. The Morgan fingerprint density at radius 3 is 2.56 bits per heavy atom. The van der Waals surface area contributed by atoms with Crippen LogP contribution in [0.3, 0.4) is 0 Å². The van der Waals surface area contributed by atoms with Gasteiger partial charge in [-0.05, 0) is 57.7 Å². The third kappa shape index (κ3) is 4.01. The van der Waals surface area contributed by atoms with Crippen LogP contribution in [0.25, 0.3) is 0 Å². The number of likely N-dealkylation sites (tertiary alicyclic amines) is 1. The minimum absolute atomic E-state index is 0.0630. The minimum Gasteiger partial charge on any atom is -0.497 e. The number of carbonyl (C=O) groups excluding carboxylic acids is 2. The Bertz CT molecular complexity index is 1040. The van der Waals surface area contributed by atoms with Crippen LogP contribution in [0, 0.1) is 0 Å². The lowest BCUT2D eigenvalue weighted by atomic mass is 9.77. The molecule has 1 atom stereocenters. The number of hydrogen-bond acceptors (Lipinski definition) is 7. The summed E-state index contributed by atoms with van der Waals surface area (Å²) in [6, 6.07) is 7.40. The van der Waals surface area contributed by atoms with E-state index in [-0.39, 0.29) is 12.5 Å². The quantitative estimate of drug-likeness (QED) is 0.515. The Morgan fingerprint density at radius 2 is 1.94 bits per heavy atom. The van der Waals surface area contributed by atoms with Gasteiger partial charge in [0.1, 0.15) is 16.8 Å². The van der Waals surface area contributed by atoms with E-state index in [2.05, 4.69) is 4.98 Å².